The maximum atomic E-state index is 10.7. The minimum absolute atomic E-state index is 0.129. The van der Waals surface area contributed by atoms with E-state index in [9.17, 15) is 9.59 Å². The maximum Gasteiger partial charge on any atom is 0.354 e. The van der Waals surface area contributed by atoms with Crippen LogP contribution in [0.2, 0.25) is 0 Å². The van der Waals surface area contributed by atoms with Crippen molar-refractivity contribution in [3.8, 4) is 5.75 Å². The van der Waals surface area contributed by atoms with Crippen molar-refractivity contribution in [1.29, 1.82) is 0 Å². The second-order valence-corrected chi connectivity index (χ2v) is 2.78. The van der Waals surface area contributed by atoms with Gasteiger partial charge in [-0.05, 0) is 0 Å². The molecule has 0 saturated carbocycles. The summed E-state index contributed by atoms with van der Waals surface area (Å²) in [5.74, 6) is -2.50. The highest BCUT2D eigenvalue weighted by atomic mass is 16.5. The molecule has 1 heterocycles. The van der Waals surface area contributed by atoms with E-state index in [-0.39, 0.29) is 23.7 Å². The molecular formula is C10H9NO5. The predicted octanol–water partition coefficient (Wildman–Crippen LogP) is 1.04. The van der Waals surface area contributed by atoms with Crippen molar-refractivity contribution in [3.05, 3.63) is 36.2 Å². The van der Waals surface area contributed by atoms with E-state index in [1.165, 1.54) is 6.08 Å². The first-order chi connectivity index (χ1) is 7.54. The van der Waals surface area contributed by atoms with Crippen molar-refractivity contribution < 1.29 is 24.5 Å². The van der Waals surface area contributed by atoms with Crippen LogP contribution in [0.15, 0.2) is 24.8 Å². The number of carboxylic acid groups (broad SMARTS) is 2. The van der Waals surface area contributed by atoms with E-state index in [4.69, 9.17) is 14.9 Å². The minimum atomic E-state index is -1.31. The van der Waals surface area contributed by atoms with Crippen LogP contribution in [0.1, 0.15) is 21.0 Å². The zero-order valence-corrected chi connectivity index (χ0v) is 8.21. The number of hydrogen-bond acceptors (Lipinski definition) is 4. The molecule has 1 aromatic rings. The number of carboxylic acids is 2. The van der Waals surface area contributed by atoms with Gasteiger partial charge in [-0.25, -0.2) is 14.6 Å². The molecule has 0 atom stereocenters. The summed E-state index contributed by atoms with van der Waals surface area (Å²) in [5.41, 5.74) is -0.752. The Morgan fingerprint density at radius 2 is 1.81 bits per heavy atom. The lowest BCUT2D eigenvalue weighted by atomic mass is 10.3. The van der Waals surface area contributed by atoms with E-state index >= 15 is 0 Å². The first kappa shape index (κ1) is 11.7. The van der Waals surface area contributed by atoms with Gasteiger partial charge >= 0.3 is 11.9 Å². The Morgan fingerprint density at radius 1 is 1.31 bits per heavy atom. The molecule has 0 aliphatic heterocycles. The van der Waals surface area contributed by atoms with Crippen LogP contribution in [0.5, 0.6) is 5.75 Å². The molecule has 84 valence electrons. The molecule has 0 saturated heterocycles. The number of aromatic carboxylic acids is 2. The van der Waals surface area contributed by atoms with Gasteiger partial charge in [-0.15, -0.1) is 0 Å². The van der Waals surface area contributed by atoms with E-state index in [1.807, 2.05) is 0 Å². The van der Waals surface area contributed by atoms with Gasteiger partial charge in [-0.1, -0.05) is 12.7 Å². The van der Waals surface area contributed by atoms with Gasteiger partial charge in [0.15, 0.2) is 11.4 Å². The summed E-state index contributed by atoms with van der Waals surface area (Å²) in [4.78, 5) is 24.8. The van der Waals surface area contributed by atoms with Crippen molar-refractivity contribution in [3.63, 3.8) is 0 Å². The zero-order chi connectivity index (χ0) is 12.1. The summed E-state index contributed by atoms with van der Waals surface area (Å²) in [6, 6.07) is 2.30. The minimum Gasteiger partial charge on any atom is -0.489 e. The van der Waals surface area contributed by atoms with Gasteiger partial charge in [0.25, 0.3) is 0 Å². The topological polar surface area (TPSA) is 96.7 Å². The van der Waals surface area contributed by atoms with Crippen LogP contribution in [0.4, 0.5) is 0 Å². The van der Waals surface area contributed by atoms with E-state index in [0.717, 1.165) is 12.1 Å². The lowest BCUT2D eigenvalue weighted by Gasteiger charge is -2.05. The first-order valence-corrected chi connectivity index (χ1v) is 4.27. The second kappa shape index (κ2) is 4.92. The highest BCUT2D eigenvalue weighted by Gasteiger charge is 2.13. The Kier molecular flexibility index (Phi) is 3.60. The molecule has 0 bridgehead atoms. The summed E-state index contributed by atoms with van der Waals surface area (Å²) in [6.07, 6.45) is 1.46. The molecule has 0 fully saturated rings. The van der Waals surface area contributed by atoms with E-state index in [2.05, 4.69) is 11.6 Å². The average Bonchev–Trinajstić information content (AvgIpc) is 2.25. The number of aromatic nitrogens is 1. The van der Waals surface area contributed by atoms with Crippen molar-refractivity contribution in [2.45, 2.75) is 0 Å². The monoisotopic (exact) mass is 223 g/mol. The van der Waals surface area contributed by atoms with Gasteiger partial charge in [0.2, 0.25) is 0 Å². The van der Waals surface area contributed by atoms with Crippen LogP contribution in [0, 0.1) is 0 Å². The van der Waals surface area contributed by atoms with Crippen LogP contribution in [0.25, 0.3) is 0 Å². The quantitative estimate of drug-likeness (QED) is 0.724. The highest BCUT2D eigenvalue weighted by Crippen LogP contribution is 2.14. The van der Waals surface area contributed by atoms with Crippen LogP contribution in [-0.4, -0.2) is 33.7 Å². The molecule has 1 rings (SSSR count). The fraction of sp³-hybridized carbons (Fsp3) is 0.100. The Bertz CT molecular complexity index is 409. The molecule has 0 aliphatic rings. The number of rotatable bonds is 5. The SMILES string of the molecule is C=CCOc1cc(C(=O)O)nc(C(=O)O)c1. The largest absolute Gasteiger partial charge is 0.489 e. The smallest absolute Gasteiger partial charge is 0.354 e. The second-order valence-electron chi connectivity index (χ2n) is 2.78. The van der Waals surface area contributed by atoms with E-state index < -0.39 is 11.9 Å². The van der Waals surface area contributed by atoms with Gasteiger partial charge in [0.1, 0.15) is 12.4 Å². The number of pyridine rings is 1. The van der Waals surface area contributed by atoms with Crippen LogP contribution >= 0.6 is 0 Å². The third-order valence-corrected chi connectivity index (χ3v) is 1.60. The number of nitrogens with zero attached hydrogens (tertiary/aromatic N) is 1. The molecule has 6 nitrogen and oxygen atoms in total. The van der Waals surface area contributed by atoms with Crippen molar-refractivity contribution in [2.24, 2.45) is 0 Å². The van der Waals surface area contributed by atoms with Crippen LogP contribution in [-0.2, 0) is 0 Å². The number of ether oxygens (including phenoxy) is 1. The van der Waals surface area contributed by atoms with Gasteiger partial charge < -0.3 is 14.9 Å². The highest BCUT2D eigenvalue weighted by molar-refractivity contribution is 5.90. The van der Waals surface area contributed by atoms with Crippen molar-refractivity contribution in [1.82, 2.24) is 4.98 Å². The molecule has 0 unspecified atom stereocenters. The molecule has 0 radical (unpaired) electrons. The Balaban J connectivity index is 3.13. The maximum absolute atomic E-state index is 10.7. The Morgan fingerprint density at radius 3 is 2.19 bits per heavy atom. The summed E-state index contributed by atoms with van der Waals surface area (Å²) in [7, 11) is 0. The molecule has 16 heavy (non-hydrogen) atoms. The fourth-order valence-corrected chi connectivity index (χ4v) is 0.963. The molecule has 6 heteroatoms. The molecule has 0 aliphatic carbocycles. The predicted molar refractivity (Wildman–Crippen MR) is 53.8 cm³/mol. The number of hydrogen-bond donors (Lipinski definition) is 2. The lowest BCUT2D eigenvalue weighted by molar-refractivity contribution is 0.0684. The zero-order valence-electron chi connectivity index (χ0n) is 8.21. The summed E-state index contributed by atoms with van der Waals surface area (Å²) in [5, 5.41) is 17.4. The first-order valence-electron chi connectivity index (χ1n) is 4.27. The Labute approximate surface area is 90.8 Å². The van der Waals surface area contributed by atoms with Gasteiger partial charge in [0, 0.05) is 12.1 Å². The van der Waals surface area contributed by atoms with Crippen molar-refractivity contribution >= 4 is 11.9 Å². The number of carbonyl (C=O) groups is 2. The normalized spacial score (nSPS) is 9.50. The Hall–Kier alpha value is -2.37. The summed E-state index contributed by atoms with van der Waals surface area (Å²) < 4.78 is 5.05. The van der Waals surface area contributed by atoms with Crippen molar-refractivity contribution in [2.75, 3.05) is 6.61 Å². The molecule has 1 aromatic heterocycles. The average molecular weight is 223 g/mol. The molecular weight excluding hydrogens is 214 g/mol. The molecule has 0 spiro atoms. The third kappa shape index (κ3) is 2.81. The molecule has 0 aromatic carbocycles. The van der Waals surface area contributed by atoms with Crippen LogP contribution < -0.4 is 4.74 Å². The molecule has 0 amide bonds. The van der Waals surface area contributed by atoms with Gasteiger partial charge in [-0.2, -0.15) is 0 Å². The fourth-order valence-electron chi connectivity index (χ4n) is 0.963. The van der Waals surface area contributed by atoms with Crippen LogP contribution in [0.3, 0.4) is 0 Å². The summed E-state index contributed by atoms with van der Waals surface area (Å²) >= 11 is 0. The standard InChI is InChI=1S/C10H9NO5/c1-2-3-16-6-4-7(9(12)13)11-8(5-6)10(14)15/h2,4-5H,1,3H2,(H,12,13)(H,14,15). The summed E-state index contributed by atoms with van der Waals surface area (Å²) in [6.45, 7) is 3.57. The van der Waals surface area contributed by atoms with E-state index in [0.29, 0.717) is 0 Å². The van der Waals surface area contributed by atoms with Gasteiger partial charge in [0.05, 0.1) is 0 Å². The van der Waals surface area contributed by atoms with Gasteiger partial charge in [-0.3, -0.25) is 0 Å². The molecule has 2 N–H and O–H groups in total. The third-order valence-electron chi connectivity index (χ3n) is 1.60. The van der Waals surface area contributed by atoms with E-state index in [1.54, 1.807) is 0 Å². The lowest BCUT2D eigenvalue weighted by Crippen LogP contribution is -2.08.